The van der Waals surface area contributed by atoms with E-state index in [0.717, 1.165) is 10.0 Å². The average Bonchev–Trinajstić information content (AvgIpc) is 2.92. The van der Waals surface area contributed by atoms with Gasteiger partial charge in [-0.2, -0.15) is 4.31 Å². The van der Waals surface area contributed by atoms with Gasteiger partial charge < -0.3 is 4.74 Å². The van der Waals surface area contributed by atoms with Crippen LogP contribution in [0.4, 0.5) is 0 Å². The van der Waals surface area contributed by atoms with E-state index in [1.807, 2.05) is 6.92 Å². The van der Waals surface area contributed by atoms with E-state index in [9.17, 15) is 13.2 Å². The third-order valence-corrected chi connectivity index (χ3v) is 6.29. The van der Waals surface area contributed by atoms with E-state index in [1.165, 1.54) is 4.31 Å². The Balaban J connectivity index is 2.33. The average molecular weight is 376 g/mol. The fourth-order valence-electron chi connectivity index (χ4n) is 2.41. The summed E-state index contributed by atoms with van der Waals surface area (Å²) in [4.78, 5) is 12.1. The molecule has 0 aromatic heterocycles. The van der Waals surface area contributed by atoms with Crippen LogP contribution in [-0.4, -0.2) is 37.9 Å². The number of hydrogen-bond donors (Lipinski definition) is 0. The molecule has 1 atom stereocenters. The predicted octanol–water partition coefficient (Wildman–Crippen LogP) is 2.47. The molecule has 1 unspecified atom stereocenters. The zero-order valence-electron chi connectivity index (χ0n) is 12.0. The molecule has 0 radical (unpaired) electrons. The number of hydrogen-bond acceptors (Lipinski definition) is 4. The molecule has 0 spiro atoms. The van der Waals surface area contributed by atoms with E-state index in [1.54, 1.807) is 25.1 Å². The Morgan fingerprint density at radius 2 is 2.19 bits per heavy atom. The molecule has 1 aliphatic rings. The highest BCUT2D eigenvalue weighted by Crippen LogP contribution is 2.28. The highest BCUT2D eigenvalue weighted by Gasteiger charge is 2.40. The lowest BCUT2D eigenvalue weighted by atomic mass is 10.2. The number of esters is 1. The summed E-state index contributed by atoms with van der Waals surface area (Å²) in [6, 6.07) is 4.16. The molecule has 116 valence electrons. The smallest absolute Gasteiger partial charge is 0.324 e. The summed E-state index contributed by atoms with van der Waals surface area (Å²) in [5.41, 5.74) is 0.836. The van der Waals surface area contributed by atoms with Gasteiger partial charge in [-0.25, -0.2) is 8.42 Å². The second kappa shape index (κ2) is 6.46. The first-order valence-corrected chi connectivity index (χ1v) is 9.06. The maximum absolute atomic E-state index is 12.7. The lowest BCUT2D eigenvalue weighted by Gasteiger charge is -2.22. The predicted molar refractivity (Wildman–Crippen MR) is 82.4 cm³/mol. The zero-order valence-corrected chi connectivity index (χ0v) is 14.4. The number of benzene rings is 1. The number of carbonyl (C=O) groups excluding carboxylic acids is 1. The van der Waals surface area contributed by atoms with Crippen LogP contribution in [0.25, 0.3) is 0 Å². The first-order chi connectivity index (χ1) is 9.87. The SMILES string of the molecule is CCOC(=O)C1CCCN1S(=O)(=O)c1ccc(Br)c(C)c1. The van der Waals surface area contributed by atoms with Crippen LogP contribution in [0.15, 0.2) is 27.6 Å². The molecule has 1 heterocycles. The first-order valence-electron chi connectivity index (χ1n) is 6.82. The first kappa shape index (κ1) is 16.5. The van der Waals surface area contributed by atoms with Gasteiger partial charge in [0, 0.05) is 11.0 Å². The summed E-state index contributed by atoms with van der Waals surface area (Å²) in [7, 11) is -3.68. The quantitative estimate of drug-likeness (QED) is 0.758. The number of sulfonamides is 1. The van der Waals surface area contributed by atoms with Gasteiger partial charge in [0.15, 0.2) is 0 Å². The Morgan fingerprint density at radius 3 is 2.81 bits per heavy atom. The van der Waals surface area contributed by atoms with Gasteiger partial charge in [-0.1, -0.05) is 15.9 Å². The number of nitrogens with zero attached hydrogens (tertiary/aromatic N) is 1. The molecule has 5 nitrogen and oxygen atoms in total. The molecule has 1 aliphatic heterocycles. The van der Waals surface area contributed by atoms with Gasteiger partial charge in [0.25, 0.3) is 0 Å². The zero-order chi connectivity index (χ0) is 15.6. The molecule has 0 bridgehead atoms. The molecule has 0 N–H and O–H groups in total. The molecule has 1 fully saturated rings. The second-order valence-corrected chi connectivity index (χ2v) is 7.68. The Kier molecular flexibility index (Phi) is 5.06. The summed E-state index contributed by atoms with van der Waals surface area (Å²) in [5.74, 6) is -0.465. The molecule has 1 aromatic rings. The molecule has 0 aliphatic carbocycles. The molecule has 0 saturated carbocycles. The van der Waals surface area contributed by atoms with Crippen molar-refractivity contribution in [1.29, 1.82) is 0 Å². The van der Waals surface area contributed by atoms with E-state index in [-0.39, 0.29) is 11.5 Å². The molecule has 1 aromatic carbocycles. The number of halogens is 1. The van der Waals surface area contributed by atoms with Gasteiger partial charge in [0.1, 0.15) is 6.04 Å². The summed E-state index contributed by atoms with van der Waals surface area (Å²) in [6.07, 6.45) is 1.17. The Bertz CT molecular complexity index is 644. The van der Waals surface area contributed by atoms with Gasteiger partial charge in [-0.05, 0) is 50.5 Å². The van der Waals surface area contributed by atoms with Crippen molar-refractivity contribution in [2.45, 2.75) is 37.6 Å². The van der Waals surface area contributed by atoms with E-state index >= 15 is 0 Å². The molecular weight excluding hydrogens is 358 g/mol. The van der Waals surface area contributed by atoms with Crippen LogP contribution in [0.5, 0.6) is 0 Å². The summed E-state index contributed by atoms with van der Waals surface area (Å²) in [6.45, 7) is 4.14. The Hall–Kier alpha value is -0.920. The number of carbonyl (C=O) groups is 1. The van der Waals surface area contributed by atoms with Gasteiger partial charge >= 0.3 is 5.97 Å². The minimum Gasteiger partial charge on any atom is -0.465 e. The van der Waals surface area contributed by atoms with Crippen LogP contribution in [0.3, 0.4) is 0 Å². The van der Waals surface area contributed by atoms with Gasteiger partial charge in [-0.15, -0.1) is 0 Å². The normalized spacial score (nSPS) is 19.7. The molecular formula is C14H18BrNO4S. The van der Waals surface area contributed by atoms with Crippen LogP contribution in [-0.2, 0) is 19.6 Å². The topological polar surface area (TPSA) is 63.7 Å². The Morgan fingerprint density at radius 1 is 1.48 bits per heavy atom. The Labute approximate surface area is 133 Å². The van der Waals surface area contributed by atoms with Crippen LogP contribution in [0.2, 0.25) is 0 Å². The van der Waals surface area contributed by atoms with Crippen molar-refractivity contribution in [2.24, 2.45) is 0 Å². The molecule has 7 heteroatoms. The monoisotopic (exact) mass is 375 g/mol. The van der Waals surface area contributed by atoms with Crippen LogP contribution in [0, 0.1) is 6.92 Å². The molecule has 21 heavy (non-hydrogen) atoms. The minimum absolute atomic E-state index is 0.208. The van der Waals surface area contributed by atoms with Gasteiger partial charge in [0.05, 0.1) is 11.5 Å². The van der Waals surface area contributed by atoms with Crippen LogP contribution in [0.1, 0.15) is 25.3 Å². The van der Waals surface area contributed by atoms with Crippen molar-refractivity contribution in [1.82, 2.24) is 4.31 Å². The molecule has 1 saturated heterocycles. The minimum atomic E-state index is -3.68. The highest BCUT2D eigenvalue weighted by atomic mass is 79.9. The van der Waals surface area contributed by atoms with Crippen molar-refractivity contribution in [3.8, 4) is 0 Å². The van der Waals surface area contributed by atoms with Crippen molar-refractivity contribution in [3.05, 3.63) is 28.2 Å². The van der Waals surface area contributed by atoms with E-state index in [4.69, 9.17) is 4.74 Å². The van der Waals surface area contributed by atoms with Gasteiger partial charge in [-0.3, -0.25) is 4.79 Å². The standard InChI is InChI=1S/C14H18BrNO4S/c1-3-20-14(17)13-5-4-8-16(13)21(18,19)11-6-7-12(15)10(2)9-11/h6-7,9,13H,3-5,8H2,1-2H3. The maximum Gasteiger partial charge on any atom is 0.324 e. The fraction of sp³-hybridized carbons (Fsp3) is 0.500. The molecule has 2 rings (SSSR count). The molecule has 0 amide bonds. The highest BCUT2D eigenvalue weighted by molar-refractivity contribution is 9.10. The maximum atomic E-state index is 12.7. The summed E-state index contributed by atoms with van der Waals surface area (Å²) in [5, 5.41) is 0. The van der Waals surface area contributed by atoms with Crippen molar-refractivity contribution in [2.75, 3.05) is 13.2 Å². The summed E-state index contributed by atoms with van der Waals surface area (Å²) < 4.78 is 32.5. The van der Waals surface area contributed by atoms with Gasteiger partial charge in [0.2, 0.25) is 10.0 Å². The van der Waals surface area contributed by atoms with Crippen molar-refractivity contribution < 1.29 is 17.9 Å². The lowest BCUT2D eigenvalue weighted by molar-refractivity contribution is -0.146. The van der Waals surface area contributed by atoms with E-state index < -0.39 is 22.0 Å². The van der Waals surface area contributed by atoms with E-state index in [2.05, 4.69) is 15.9 Å². The number of ether oxygens (including phenoxy) is 1. The van der Waals surface area contributed by atoms with Crippen molar-refractivity contribution >= 4 is 31.9 Å². The lowest BCUT2D eigenvalue weighted by Crippen LogP contribution is -2.41. The largest absolute Gasteiger partial charge is 0.465 e. The summed E-state index contributed by atoms with van der Waals surface area (Å²) >= 11 is 3.35. The third kappa shape index (κ3) is 3.30. The van der Waals surface area contributed by atoms with Crippen LogP contribution < -0.4 is 0 Å². The van der Waals surface area contributed by atoms with Crippen molar-refractivity contribution in [3.63, 3.8) is 0 Å². The number of rotatable bonds is 4. The fourth-order valence-corrected chi connectivity index (χ4v) is 4.39. The van der Waals surface area contributed by atoms with E-state index in [0.29, 0.717) is 19.4 Å². The van der Waals surface area contributed by atoms with Crippen LogP contribution >= 0.6 is 15.9 Å². The number of aryl methyl sites for hydroxylation is 1. The second-order valence-electron chi connectivity index (χ2n) is 4.94. The third-order valence-electron chi connectivity index (χ3n) is 3.50.